The summed E-state index contributed by atoms with van der Waals surface area (Å²) in [4.78, 5) is 15.4. The number of fused-ring (bicyclic) bond motifs is 4. The van der Waals surface area contributed by atoms with Crippen molar-refractivity contribution < 1.29 is 19.0 Å². The fraction of sp³-hybridized carbons (Fsp3) is 0.536. The summed E-state index contributed by atoms with van der Waals surface area (Å²) < 4.78 is 16.6. The fourth-order valence-corrected chi connectivity index (χ4v) is 6.30. The molecule has 3 saturated heterocycles. The van der Waals surface area contributed by atoms with Crippen molar-refractivity contribution in [3.8, 4) is 16.9 Å². The number of piperidine rings is 3. The second-order valence-corrected chi connectivity index (χ2v) is 10.5. The van der Waals surface area contributed by atoms with Gasteiger partial charge in [-0.2, -0.15) is 0 Å². The maximum absolute atomic E-state index is 13.0. The molecule has 1 N–H and O–H groups in total. The minimum atomic E-state index is -0.241. The number of methoxy groups -OCH3 is 1. The number of hydrogen-bond acceptors (Lipinski definition) is 5. The van der Waals surface area contributed by atoms with Crippen LogP contribution in [0.4, 0.5) is 4.79 Å². The average Bonchev–Trinajstić information content (AvgIpc) is 3.65. The molecule has 2 bridgehead atoms. The molecule has 2 aromatic rings. The number of rotatable bonds is 6. The van der Waals surface area contributed by atoms with E-state index in [2.05, 4.69) is 34.5 Å². The summed E-state index contributed by atoms with van der Waals surface area (Å²) in [5, 5.41) is 3.31. The van der Waals surface area contributed by atoms with Gasteiger partial charge in [0.2, 0.25) is 0 Å². The summed E-state index contributed by atoms with van der Waals surface area (Å²) in [6.07, 6.45) is 6.62. The molecule has 1 amide bonds. The van der Waals surface area contributed by atoms with E-state index in [9.17, 15) is 4.79 Å². The molecule has 5 aliphatic rings. The van der Waals surface area contributed by atoms with E-state index in [-0.39, 0.29) is 30.4 Å². The molecule has 1 saturated carbocycles. The summed E-state index contributed by atoms with van der Waals surface area (Å²) >= 11 is 0. The van der Waals surface area contributed by atoms with Gasteiger partial charge < -0.3 is 19.5 Å². The molecule has 4 fully saturated rings. The summed E-state index contributed by atoms with van der Waals surface area (Å²) in [7, 11) is 1.62. The molecule has 2 aromatic carbocycles. The Bertz CT molecular complexity index is 1060. The number of aryl methyl sites for hydroxylation is 1. The van der Waals surface area contributed by atoms with Crippen LogP contribution >= 0.6 is 0 Å². The van der Waals surface area contributed by atoms with Crippen molar-refractivity contribution >= 4 is 6.09 Å². The standard InChI is InChI=1S/C28H34N2O4/c1-32-18-33-23-4-2-3-20(16-23)21-5-6-24-22(15-21)7-10-28(11-12-28)26(24)29-27(31)34-25-17-30-13-8-19(25)9-14-30/h2-6,15-16,19,25-26H,7-14,17-18H2,1H3,(H,29,31)/t25-,26?/m1/s1. The van der Waals surface area contributed by atoms with E-state index in [0.717, 1.165) is 56.6 Å². The van der Waals surface area contributed by atoms with Gasteiger partial charge in [0.15, 0.2) is 6.79 Å². The number of nitrogens with one attached hydrogen (secondary N) is 1. The zero-order valence-electron chi connectivity index (χ0n) is 19.9. The van der Waals surface area contributed by atoms with Crippen molar-refractivity contribution in [2.24, 2.45) is 11.3 Å². The van der Waals surface area contributed by atoms with Gasteiger partial charge in [0, 0.05) is 13.7 Å². The summed E-state index contributed by atoms with van der Waals surface area (Å²) in [5.41, 5.74) is 5.07. The molecule has 6 nitrogen and oxygen atoms in total. The third kappa shape index (κ3) is 4.18. The number of carbonyl (C=O) groups excluding carboxylic acids is 1. The second kappa shape index (κ2) is 8.90. The smallest absolute Gasteiger partial charge is 0.407 e. The zero-order chi connectivity index (χ0) is 23.1. The first kappa shape index (κ1) is 21.9. The van der Waals surface area contributed by atoms with Gasteiger partial charge >= 0.3 is 6.09 Å². The van der Waals surface area contributed by atoms with Gasteiger partial charge in [-0.25, -0.2) is 4.79 Å². The Balaban J connectivity index is 1.20. The summed E-state index contributed by atoms with van der Waals surface area (Å²) in [6.45, 7) is 3.42. The van der Waals surface area contributed by atoms with Crippen molar-refractivity contribution in [3.63, 3.8) is 0 Å². The van der Waals surface area contributed by atoms with Gasteiger partial charge in [0.05, 0.1) is 6.04 Å². The molecule has 34 heavy (non-hydrogen) atoms. The first-order valence-corrected chi connectivity index (χ1v) is 12.7. The van der Waals surface area contributed by atoms with Gasteiger partial charge in [-0.15, -0.1) is 0 Å². The van der Waals surface area contributed by atoms with Crippen molar-refractivity contribution in [1.29, 1.82) is 0 Å². The van der Waals surface area contributed by atoms with Crippen LogP contribution < -0.4 is 10.1 Å². The number of carbonyl (C=O) groups is 1. The SMILES string of the molecule is COCOc1cccc(-c2ccc3c(c2)CCC2(CC2)C3NC(=O)O[C@@H]2CN3CCC2CC3)c1. The van der Waals surface area contributed by atoms with E-state index in [1.807, 2.05) is 18.2 Å². The van der Waals surface area contributed by atoms with Gasteiger partial charge in [-0.3, -0.25) is 4.90 Å². The van der Waals surface area contributed by atoms with Crippen LogP contribution in [0, 0.1) is 11.3 Å². The highest BCUT2D eigenvalue weighted by molar-refractivity contribution is 5.70. The lowest BCUT2D eigenvalue weighted by Gasteiger charge is -2.44. The van der Waals surface area contributed by atoms with Crippen LogP contribution in [0.2, 0.25) is 0 Å². The molecule has 6 heteroatoms. The second-order valence-electron chi connectivity index (χ2n) is 10.5. The minimum absolute atomic E-state index is 0.0373. The monoisotopic (exact) mass is 462 g/mol. The highest BCUT2D eigenvalue weighted by Gasteiger charge is 2.53. The number of alkyl carbamates (subject to hydrolysis) is 1. The number of nitrogens with zero attached hydrogens (tertiary/aromatic N) is 1. The van der Waals surface area contributed by atoms with Crippen LogP contribution in [0.15, 0.2) is 42.5 Å². The van der Waals surface area contributed by atoms with Crippen LogP contribution in [-0.4, -0.2) is 50.6 Å². The Labute approximate surface area is 201 Å². The molecule has 2 atom stereocenters. The number of ether oxygens (including phenoxy) is 3. The lowest BCUT2D eigenvalue weighted by molar-refractivity contribution is -0.0347. The van der Waals surface area contributed by atoms with Gasteiger partial charge in [0.25, 0.3) is 0 Å². The van der Waals surface area contributed by atoms with Gasteiger partial charge in [-0.1, -0.05) is 30.3 Å². The normalized spacial score (nSPS) is 28.3. The quantitative estimate of drug-likeness (QED) is 0.617. The Hall–Kier alpha value is -2.57. The fourth-order valence-electron chi connectivity index (χ4n) is 6.30. The van der Waals surface area contributed by atoms with E-state index < -0.39 is 0 Å². The van der Waals surface area contributed by atoms with Crippen LogP contribution in [0.1, 0.15) is 49.3 Å². The van der Waals surface area contributed by atoms with E-state index >= 15 is 0 Å². The summed E-state index contributed by atoms with van der Waals surface area (Å²) in [6, 6.07) is 14.8. The van der Waals surface area contributed by atoms with Crippen LogP contribution in [0.5, 0.6) is 5.75 Å². The van der Waals surface area contributed by atoms with E-state index in [4.69, 9.17) is 14.2 Å². The highest BCUT2D eigenvalue weighted by atomic mass is 16.7. The maximum Gasteiger partial charge on any atom is 0.407 e. The molecule has 0 aromatic heterocycles. The van der Waals surface area contributed by atoms with Crippen LogP contribution in [0.25, 0.3) is 11.1 Å². The molecule has 3 aliphatic heterocycles. The molecule has 7 rings (SSSR count). The van der Waals surface area contributed by atoms with Crippen molar-refractivity contribution in [2.75, 3.05) is 33.5 Å². The molecular weight excluding hydrogens is 428 g/mol. The molecule has 0 radical (unpaired) electrons. The van der Waals surface area contributed by atoms with Gasteiger partial charge in [0.1, 0.15) is 11.9 Å². The highest BCUT2D eigenvalue weighted by Crippen LogP contribution is 2.61. The Morgan fingerprint density at radius 2 is 1.91 bits per heavy atom. The number of hydrogen-bond donors (Lipinski definition) is 1. The molecule has 1 spiro atoms. The van der Waals surface area contributed by atoms with E-state index in [1.54, 1.807) is 7.11 Å². The lowest BCUT2D eigenvalue weighted by Crippen LogP contribution is -2.53. The van der Waals surface area contributed by atoms with Crippen LogP contribution in [-0.2, 0) is 15.9 Å². The zero-order valence-corrected chi connectivity index (χ0v) is 19.9. The van der Waals surface area contributed by atoms with Crippen molar-refractivity contribution in [1.82, 2.24) is 10.2 Å². The number of benzene rings is 2. The van der Waals surface area contributed by atoms with Crippen LogP contribution in [0.3, 0.4) is 0 Å². The van der Waals surface area contributed by atoms with Crippen molar-refractivity contribution in [3.05, 3.63) is 53.6 Å². The predicted octanol–water partition coefficient (Wildman–Crippen LogP) is 4.92. The molecule has 1 unspecified atom stereocenters. The first-order valence-electron chi connectivity index (χ1n) is 12.7. The first-order chi connectivity index (χ1) is 16.6. The molecular formula is C28H34N2O4. The topological polar surface area (TPSA) is 60.0 Å². The average molecular weight is 463 g/mol. The largest absolute Gasteiger partial charge is 0.468 e. The Kier molecular flexibility index (Phi) is 5.74. The van der Waals surface area contributed by atoms with Crippen molar-refractivity contribution in [2.45, 2.75) is 50.7 Å². The Morgan fingerprint density at radius 1 is 1.09 bits per heavy atom. The molecule has 180 valence electrons. The van der Waals surface area contributed by atoms with Gasteiger partial charge in [-0.05, 0) is 97.3 Å². The molecule has 3 heterocycles. The maximum atomic E-state index is 13.0. The molecule has 2 aliphatic carbocycles. The van der Waals surface area contributed by atoms with E-state index in [1.165, 1.54) is 29.5 Å². The Morgan fingerprint density at radius 3 is 2.65 bits per heavy atom. The lowest BCUT2D eigenvalue weighted by atomic mass is 9.76. The minimum Gasteiger partial charge on any atom is -0.468 e. The van der Waals surface area contributed by atoms with E-state index in [0.29, 0.717) is 5.92 Å². The third-order valence-corrected chi connectivity index (χ3v) is 8.48. The summed E-state index contributed by atoms with van der Waals surface area (Å²) in [5.74, 6) is 1.32. The third-order valence-electron chi connectivity index (χ3n) is 8.48. The number of amides is 1. The predicted molar refractivity (Wildman–Crippen MR) is 130 cm³/mol.